The van der Waals surface area contributed by atoms with Crippen molar-refractivity contribution in [1.82, 2.24) is 4.98 Å². The van der Waals surface area contributed by atoms with Crippen molar-refractivity contribution in [2.45, 2.75) is 13.2 Å². The molecule has 1 radical (unpaired) electrons. The molecule has 0 aliphatic rings. The van der Waals surface area contributed by atoms with Crippen molar-refractivity contribution in [3.63, 3.8) is 0 Å². The Morgan fingerprint density at radius 3 is 2.28 bits per heavy atom. The van der Waals surface area contributed by atoms with E-state index in [0.717, 1.165) is 28.5 Å². The Labute approximate surface area is 231 Å². The average Bonchev–Trinajstić information content (AvgIpc) is 3.61. The molecule has 0 atom stereocenters. The molecular formula is C28H22IrNO4S2-. The molecule has 0 aliphatic carbocycles. The number of pyridine rings is 1. The predicted molar refractivity (Wildman–Crippen MR) is 140 cm³/mol. The Morgan fingerprint density at radius 2 is 1.61 bits per heavy atom. The maximum atomic E-state index is 11.4. The Morgan fingerprint density at radius 1 is 0.917 bits per heavy atom. The van der Waals surface area contributed by atoms with Gasteiger partial charge in [-0.3, -0.25) is 0 Å². The van der Waals surface area contributed by atoms with Gasteiger partial charge in [0.1, 0.15) is 19.3 Å². The van der Waals surface area contributed by atoms with Gasteiger partial charge in [0.25, 0.3) is 5.95 Å². The summed E-state index contributed by atoms with van der Waals surface area (Å²) in [6.07, 6.45) is 2.78. The van der Waals surface area contributed by atoms with Crippen LogP contribution in [-0.4, -0.2) is 16.1 Å². The number of thiophene rings is 2. The molecule has 0 saturated heterocycles. The minimum absolute atomic E-state index is 0. The number of benzene rings is 2. The van der Waals surface area contributed by atoms with Gasteiger partial charge in [-0.25, -0.2) is 4.79 Å². The van der Waals surface area contributed by atoms with Crippen molar-refractivity contribution < 1.29 is 39.5 Å². The van der Waals surface area contributed by atoms with Crippen LogP contribution in [0.5, 0.6) is 0 Å². The zero-order chi connectivity index (χ0) is 24.3. The average molecular weight is 693 g/mol. The molecule has 185 valence electrons. The quantitative estimate of drug-likeness (QED) is 0.0849. The number of fused-ring (bicyclic) bond motifs is 1. The summed E-state index contributed by atoms with van der Waals surface area (Å²) in [6.45, 7) is 0.417. The number of carbonyl (C=O) groups is 1. The van der Waals surface area contributed by atoms with Gasteiger partial charge in [-0.2, -0.15) is 22.7 Å². The summed E-state index contributed by atoms with van der Waals surface area (Å²) in [5.74, 6) is -1.07. The first-order valence-electron chi connectivity index (χ1n) is 10.7. The second-order valence-corrected chi connectivity index (χ2v) is 8.86. The van der Waals surface area contributed by atoms with Crippen LogP contribution < -0.4 is 0 Å². The largest absolute Gasteiger partial charge is 0.481 e. The normalized spacial score (nSPS) is 10.6. The van der Waals surface area contributed by atoms with Gasteiger partial charge in [-0.1, -0.05) is 24.3 Å². The van der Waals surface area contributed by atoms with Crippen molar-refractivity contribution >= 4 is 39.4 Å². The molecule has 0 bridgehead atoms. The topological polar surface area (TPSA) is 68.7 Å². The fourth-order valence-electron chi connectivity index (χ4n) is 3.12. The number of aliphatic hydroxyl groups excluding tert-OH is 1. The number of hydrogen-bond acceptors (Lipinski definition) is 7. The van der Waals surface area contributed by atoms with Crippen LogP contribution in [0.3, 0.4) is 0 Å². The van der Waals surface area contributed by atoms with Crippen LogP contribution in [0.25, 0.3) is 22.0 Å². The number of hydrogen-bond donors (Lipinski definition) is 1. The third-order valence-electron chi connectivity index (χ3n) is 4.81. The number of rotatable bonds is 7. The Bertz CT molecular complexity index is 1370. The first kappa shape index (κ1) is 27.3. The molecule has 0 aliphatic heterocycles. The van der Waals surface area contributed by atoms with Crippen LogP contribution in [0.2, 0.25) is 0 Å². The zero-order valence-electron chi connectivity index (χ0n) is 19.0. The molecule has 36 heavy (non-hydrogen) atoms. The van der Waals surface area contributed by atoms with Gasteiger partial charge in [0.2, 0.25) is 0 Å². The third kappa shape index (κ3) is 8.14. The number of nitrogens with zero attached hydrogens (tertiary/aromatic N) is 1. The van der Waals surface area contributed by atoms with Crippen LogP contribution in [0.4, 0.5) is 0 Å². The van der Waals surface area contributed by atoms with Crippen LogP contribution in [0.15, 0.2) is 106 Å². The molecule has 3 aromatic heterocycles. The first-order chi connectivity index (χ1) is 17.2. The molecule has 0 unspecified atom stereocenters. The van der Waals surface area contributed by atoms with E-state index in [-0.39, 0.29) is 33.3 Å². The number of ether oxygens (including phenoxy) is 2. The Balaban J connectivity index is 0.000000197. The van der Waals surface area contributed by atoms with Crippen molar-refractivity contribution in [2.24, 2.45) is 0 Å². The van der Waals surface area contributed by atoms with E-state index in [1.807, 2.05) is 82.3 Å². The zero-order valence-corrected chi connectivity index (χ0v) is 23.0. The number of aromatic nitrogens is 1. The summed E-state index contributed by atoms with van der Waals surface area (Å²) in [5, 5.41) is 19.4. The number of carbonyl (C=O) groups excluding carboxylic acids is 1. The van der Waals surface area contributed by atoms with Gasteiger partial charge in [-0.05, 0) is 56.2 Å². The van der Waals surface area contributed by atoms with Gasteiger partial charge in [0.05, 0.1) is 0 Å². The summed E-state index contributed by atoms with van der Waals surface area (Å²) in [5.41, 5.74) is 3.90. The number of aliphatic hydroxyl groups is 1. The van der Waals surface area contributed by atoms with Gasteiger partial charge >= 0.3 is 5.97 Å². The molecule has 2 aromatic carbocycles. The predicted octanol–water partition coefficient (Wildman–Crippen LogP) is 7.17. The van der Waals surface area contributed by atoms with E-state index in [2.05, 4.69) is 23.2 Å². The molecule has 8 heteroatoms. The maximum Gasteiger partial charge on any atom is 0.338 e. The molecule has 0 spiro atoms. The maximum absolute atomic E-state index is 11.4. The number of esters is 1. The molecule has 3 heterocycles. The third-order valence-corrected chi connectivity index (χ3v) is 6.27. The van der Waals surface area contributed by atoms with Crippen LogP contribution >= 0.6 is 22.7 Å². The van der Waals surface area contributed by atoms with Crippen LogP contribution in [-0.2, 0) is 47.6 Å². The SMILES string of the molecule is O=C(/C=C(\O)OCc1ccsc1)OCc1ccsc1.[Ir].[c-]1ccccc1-c1nccc2ccccc12. The van der Waals surface area contributed by atoms with Crippen LogP contribution in [0.1, 0.15) is 11.1 Å². The second kappa shape index (κ2) is 14.3. The summed E-state index contributed by atoms with van der Waals surface area (Å²) in [4.78, 5) is 15.8. The Hall–Kier alpha value is -3.29. The van der Waals surface area contributed by atoms with E-state index in [1.165, 1.54) is 22.1 Å². The van der Waals surface area contributed by atoms with Crippen molar-refractivity contribution in [3.05, 3.63) is 124 Å². The minimum Gasteiger partial charge on any atom is -0.481 e. The summed E-state index contributed by atoms with van der Waals surface area (Å²) in [6, 6.07) is 25.2. The van der Waals surface area contributed by atoms with E-state index >= 15 is 0 Å². The van der Waals surface area contributed by atoms with Crippen molar-refractivity contribution in [2.75, 3.05) is 0 Å². The van der Waals surface area contributed by atoms with E-state index in [9.17, 15) is 9.90 Å². The molecule has 5 aromatic rings. The molecule has 0 amide bonds. The summed E-state index contributed by atoms with van der Waals surface area (Å²) >= 11 is 3.07. The summed E-state index contributed by atoms with van der Waals surface area (Å²) in [7, 11) is 0. The first-order valence-corrected chi connectivity index (χ1v) is 12.6. The van der Waals surface area contributed by atoms with E-state index in [1.54, 1.807) is 11.3 Å². The molecule has 5 nitrogen and oxygen atoms in total. The Kier molecular flexibility index (Phi) is 10.9. The molecular weight excluding hydrogens is 671 g/mol. The smallest absolute Gasteiger partial charge is 0.338 e. The second-order valence-electron chi connectivity index (χ2n) is 7.30. The van der Waals surface area contributed by atoms with Gasteiger partial charge in [0.15, 0.2) is 0 Å². The van der Waals surface area contributed by atoms with E-state index < -0.39 is 11.9 Å². The standard InChI is InChI=1S/C15H10N.C13H12O4S2.Ir/c1-2-7-13(8-3-1)15-14-9-5-4-6-12(14)10-11-16-15;14-12(16-6-10-1-3-18-8-10)5-13(15)17-7-11-2-4-19-9-11;/h1-7,9-11H;1-5,8-9,14H,6-7H2;/q-1;;/b;12-5+;. The monoisotopic (exact) mass is 693 g/mol. The van der Waals surface area contributed by atoms with Gasteiger partial charge < -0.3 is 19.6 Å². The van der Waals surface area contributed by atoms with Gasteiger partial charge in [0, 0.05) is 37.4 Å². The molecule has 5 rings (SSSR count). The van der Waals surface area contributed by atoms with E-state index in [0.29, 0.717) is 0 Å². The van der Waals surface area contributed by atoms with E-state index in [4.69, 9.17) is 9.47 Å². The molecule has 0 fully saturated rings. The van der Waals surface area contributed by atoms with Gasteiger partial charge in [-0.15, -0.1) is 35.9 Å². The van der Waals surface area contributed by atoms with Crippen molar-refractivity contribution in [3.8, 4) is 11.3 Å². The fraction of sp³-hybridized carbons (Fsp3) is 0.0714. The molecule has 1 N–H and O–H groups in total. The summed E-state index contributed by atoms with van der Waals surface area (Å²) < 4.78 is 9.97. The van der Waals surface area contributed by atoms with Crippen molar-refractivity contribution in [1.29, 1.82) is 0 Å². The molecule has 0 saturated carbocycles. The minimum atomic E-state index is -0.631. The fourth-order valence-corrected chi connectivity index (χ4v) is 4.43. The van der Waals surface area contributed by atoms with Crippen LogP contribution in [0, 0.1) is 6.07 Å².